The van der Waals surface area contributed by atoms with Crippen LogP contribution >= 0.6 is 0 Å². The van der Waals surface area contributed by atoms with Crippen molar-refractivity contribution >= 4 is 43.5 Å². The van der Waals surface area contributed by atoms with Crippen molar-refractivity contribution in [3.05, 3.63) is 156 Å². The molecule has 0 aliphatic heterocycles. The van der Waals surface area contributed by atoms with Gasteiger partial charge in [0, 0.05) is 27.2 Å². The van der Waals surface area contributed by atoms with Crippen molar-refractivity contribution in [3.8, 4) is 22.5 Å². The molecule has 0 saturated heterocycles. The number of aromatic nitrogens is 2. The molecule has 8 aromatic rings. The van der Waals surface area contributed by atoms with E-state index in [2.05, 4.69) is 120 Å². The molecule has 40 heavy (non-hydrogen) atoms. The Morgan fingerprint density at radius 2 is 0.925 bits per heavy atom. The van der Waals surface area contributed by atoms with E-state index in [4.69, 9.17) is 0 Å². The van der Waals surface area contributed by atoms with Crippen LogP contribution in [0.1, 0.15) is 0 Å². The highest BCUT2D eigenvalue weighted by atomic mass is 16.1. The highest BCUT2D eigenvalue weighted by Crippen LogP contribution is 2.35. The van der Waals surface area contributed by atoms with Crippen molar-refractivity contribution in [1.82, 2.24) is 9.13 Å². The van der Waals surface area contributed by atoms with Crippen molar-refractivity contribution in [2.75, 3.05) is 0 Å². The largest absolute Gasteiger partial charge is 0.309 e. The van der Waals surface area contributed by atoms with E-state index in [0.29, 0.717) is 5.39 Å². The summed E-state index contributed by atoms with van der Waals surface area (Å²) in [7, 11) is 0. The van der Waals surface area contributed by atoms with Crippen LogP contribution < -0.4 is 5.56 Å². The third-order valence-corrected chi connectivity index (χ3v) is 7.92. The summed E-state index contributed by atoms with van der Waals surface area (Å²) in [5.74, 6) is 0. The van der Waals surface area contributed by atoms with E-state index in [0.717, 1.165) is 60.6 Å². The maximum absolute atomic E-state index is 14.1. The molecule has 0 aliphatic carbocycles. The molecule has 0 N–H and O–H groups in total. The van der Waals surface area contributed by atoms with Crippen LogP contribution in [0, 0.1) is 0 Å². The fourth-order valence-corrected chi connectivity index (χ4v) is 6.10. The van der Waals surface area contributed by atoms with E-state index in [1.165, 1.54) is 0 Å². The minimum absolute atomic E-state index is 0.0123. The Labute approximate surface area is 230 Å². The number of benzene rings is 6. The normalized spacial score (nSPS) is 11.6. The van der Waals surface area contributed by atoms with Crippen molar-refractivity contribution in [1.29, 1.82) is 0 Å². The molecule has 2 heterocycles. The number of hydrogen-bond donors (Lipinski definition) is 0. The van der Waals surface area contributed by atoms with Gasteiger partial charge in [0.2, 0.25) is 0 Å². The van der Waals surface area contributed by atoms with Gasteiger partial charge in [0.05, 0.1) is 22.2 Å². The molecule has 3 heteroatoms. The average molecular weight is 513 g/mol. The molecule has 0 spiro atoms. The Morgan fingerprint density at radius 1 is 0.350 bits per heavy atom. The van der Waals surface area contributed by atoms with Gasteiger partial charge in [-0.1, -0.05) is 91.0 Å². The molecule has 0 fully saturated rings. The van der Waals surface area contributed by atoms with Crippen molar-refractivity contribution in [2.45, 2.75) is 0 Å². The number of nitrogens with zero attached hydrogens (tertiary/aromatic N) is 2. The predicted molar refractivity (Wildman–Crippen MR) is 167 cm³/mol. The summed E-state index contributed by atoms with van der Waals surface area (Å²) < 4.78 is 4.17. The van der Waals surface area contributed by atoms with Gasteiger partial charge in [-0.05, 0) is 71.1 Å². The Bertz CT molecular complexity index is 2280. The lowest BCUT2D eigenvalue weighted by molar-refractivity contribution is 1.06. The minimum atomic E-state index is -0.0123. The van der Waals surface area contributed by atoms with E-state index in [9.17, 15) is 4.79 Å². The standard InChI is InChI=1S/C37H24N2O/c40-37-31-17-8-7-15-29(31)32-23-26(25-11-3-1-4-12-25)19-21-36(32)39(37)28-20-22-35-33(24-28)30-16-9-10-18-34(30)38(35)27-13-5-2-6-14-27/h1-24H. The first-order chi connectivity index (χ1) is 19.8. The van der Waals surface area contributed by atoms with Gasteiger partial charge < -0.3 is 4.57 Å². The molecule has 0 bridgehead atoms. The zero-order valence-corrected chi connectivity index (χ0v) is 21.7. The number of pyridine rings is 1. The third kappa shape index (κ3) is 3.35. The maximum atomic E-state index is 14.1. The van der Waals surface area contributed by atoms with E-state index in [1.807, 2.05) is 34.9 Å². The van der Waals surface area contributed by atoms with Gasteiger partial charge in [-0.15, -0.1) is 0 Å². The van der Waals surface area contributed by atoms with Crippen LogP contribution in [0.15, 0.2) is 150 Å². The lowest BCUT2D eigenvalue weighted by Gasteiger charge is -2.15. The Hall–Kier alpha value is -5.41. The van der Waals surface area contributed by atoms with Crippen molar-refractivity contribution in [3.63, 3.8) is 0 Å². The lowest BCUT2D eigenvalue weighted by atomic mass is 9.99. The topological polar surface area (TPSA) is 26.9 Å². The first-order valence-electron chi connectivity index (χ1n) is 13.5. The molecule has 3 nitrogen and oxygen atoms in total. The second-order valence-electron chi connectivity index (χ2n) is 10.2. The SMILES string of the molecule is O=c1c2ccccc2c2cc(-c3ccccc3)ccc2n1-c1ccc2c(c1)c1ccccc1n2-c1ccccc1. The van der Waals surface area contributed by atoms with E-state index >= 15 is 0 Å². The first-order valence-corrected chi connectivity index (χ1v) is 13.5. The van der Waals surface area contributed by atoms with Gasteiger partial charge in [-0.3, -0.25) is 9.36 Å². The van der Waals surface area contributed by atoms with Crippen LogP contribution in [0.5, 0.6) is 0 Å². The van der Waals surface area contributed by atoms with Crippen molar-refractivity contribution < 1.29 is 0 Å². The lowest BCUT2D eigenvalue weighted by Crippen LogP contribution is -2.19. The summed E-state index contributed by atoms with van der Waals surface area (Å²) in [5, 5.41) is 5.02. The summed E-state index contributed by atoms with van der Waals surface area (Å²) in [6, 6.07) is 50.0. The summed E-state index contributed by atoms with van der Waals surface area (Å²) in [4.78, 5) is 14.1. The molecule has 0 radical (unpaired) electrons. The van der Waals surface area contributed by atoms with Crippen LogP contribution in [0.25, 0.3) is 66.0 Å². The summed E-state index contributed by atoms with van der Waals surface area (Å²) in [5.41, 5.74) is 7.40. The number of hydrogen-bond acceptors (Lipinski definition) is 1. The molecule has 6 aromatic carbocycles. The number of para-hydroxylation sites is 2. The molecule has 0 atom stereocenters. The smallest absolute Gasteiger partial charge is 0.263 e. The monoisotopic (exact) mass is 512 g/mol. The number of fused-ring (bicyclic) bond motifs is 6. The van der Waals surface area contributed by atoms with Crippen LogP contribution in [0.2, 0.25) is 0 Å². The summed E-state index contributed by atoms with van der Waals surface area (Å²) in [6.07, 6.45) is 0. The first kappa shape index (κ1) is 22.6. The van der Waals surface area contributed by atoms with Gasteiger partial charge in [-0.2, -0.15) is 0 Å². The molecule has 0 saturated carbocycles. The second kappa shape index (κ2) is 8.82. The van der Waals surface area contributed by atoms with Crippen LogP contribution in [0.3, 0.4) is 0 Å². The van der Waals surface area contributed by atoms with E-state index in [1.54, 1.807) is 0 Å². The fourth-order valence-electron chi connectivity index (χ4n) is 6.10. The van der Waals surface area contributed by atoms with Gasteiger partial charge in [0.1, 0.15) is 0 Å². The minimum Gasteiger partial charge on any atom is -0.309 e. The van der Waals surface area contributed by atoms with Crippen LogP contribution in [-0.4, -0.2) is 9.13 Å². The zero-order chi connectivity index (χ0) is 26.6. The summed E-state index contributed by atoms with van der Waals surface area (Å²) in [6.45, 7) is 0. The van der Waals surface area contributed by atoms with Crippen LogP contribution in [0.4, 0.5) is 0 Å². The molecule has 188 valence electrons. The Morgan fingerprint density at radius 3 is 1.73 bits per heavy atom. The highest BCUT2D eigenvalue weighted by molar-refractivity contribution is 6.11. The maximum Gasteiger partial charge on any atom is 0.263 e. The predicted octanol–water partition coefficient (Wildman–Crippen LogP) is 8.91. The molecular formula is C37H24N2O. The summed E-state index contributed by atoms with van der Waals surface area (Å²) >= 11 is 0. The average Bonchev–Trinajstić information content (AvgIpc) is 3.36. The van der Waals surface area contributed by atoms with Crippen LogP contribution in [-0.2, 0) is 0 Å². The zero-order valence-electron chi connectivity index (χ0n) is 21.7. The molecule has 0 amide bonds. The van der Waals surface area contributed by atoms with Gasteiger partial charge in [-0.25, -0.2) is 0 Å². The second-order valence-corrected chi connectivity index (χ2v) is 10.2. The fraction of sp³-hybridized carbons (Fsp3) is 0. The van der Waals surface area contributed by atoms with Crippen molar-refractivity contribution in [2.24, 2.45) is 0 Å². The molecule has 2 aromatic heterocycles. The van der Waals surface area contributed by atoms with Gasteiger partial charge in [0.25, 0.3) is 5.56 Å². The van der Waals surface area contributed by atoms with E-state index < -0.39 is 0 Å². The molecule has 0 aliphatic rings. The molecule has 0 unspecified atom stereocenters. The van der Waals surface area contributed by atoms with Gasteiger partial charge >= 0.3 is 0 Å². The highest BCUT2D eigenvalue weighted by Gasteiger charge is 2.16. The Kier molecular flexibility index (Phi) is 4.98. The van der Waals surface area contributed by atoms with E-state index in [-0.39, 0.29) is 5.56 Å². The third-order valence-electron chi connectivity index (χ3n) is 7.92. The Balaban J connectivity index is 1.44. The number of rotatable bonds is 3. The quantitative estimate of drug-likeness (QED) is 0.217. The molecular weight excluding hydrogens is 488 g/mol. The molecule has 8 rings (SSSR count). The van der Waals surface area contributed by atoms with Gasteiger partial charge in [0.15, 0.2) is 0 Å².